The van der Waals surface area contributed by atoms with Gasteiger partial charge in [-0.25, -0.2) is 4.98 Å². The maximum atomic E-state index is 8.36. The number of hydrogen-bond donors (Lipinski definition) is 2. The summed E-state index contributed by atoms with van der Waals surface area (Å²) in [7, 11) is 0. The summed E-state index contributed by atoms with van der Waals surface area (Å²) >= 11 is 0. The number of carboxylic acid groups (broad SMARTS) is 2. The molecule has 9 heteroatoms. The lowest BCUT2D eigenvalue weighted by Gasteiger charge is -2.26. The first-order valence-corrected chi connectivity index (χ1v) is 11.9. The zero-order chi connectivity index (χ0) is 24.4. The van der Waals surface area contributed by atoms with Crippen molar-refractivity contribution in [3.05, 3.63) is 36.7 Å². The molecule has 1 aromatic carbocycles. The zero-order valence-corrected chi connectivity index (χ0v) is 19.8. The van der Waals surface area contributed by atoms with Gasteiger partial charge < -0.3 is 24.3 Å². The summed E-state index contributed by atoms with van der Waals surface area (Å²) in [6, 6.07) is 8.40. The maximum absolute atomic E-state index is 8.36. The van der Waals surface area contributed by atoms with E-state index in [1.165, 1.54) is 32.1 Å². The Balaban J connectivity index is 0.000000618. The summed E-state index contributed by atoms with van der Waals surface area (Å²) in [6.45, 7) is 6.38. The Bertz CT molecular complexity index is 810. The van der Waals surface area contributed by atoms with Crippen LogP contribution in [0.3, 0.4) is 0 Å². The second-order valence-electron chi connectivity index (χ2n) is 8.30. The van der Waals surface area contributed by atoms with E-state index in [4.69, 9.17) is 29.3 Å². The van der Waals surface area contributed by atoms with Crippen LogP contribution in [0.4, 0.5) is 0 Å². The molecule has 0 spiro atoms. The molecule has 0 unspecified atom stereocenters. The van der Waals surface area contributed by atoms with Crippen LogP contribution in [-0.4, -0.2) is 77.1 Å². The molecule has 0 amide bonds. The largest absolute Gasteiger partial charge is 0.494 e. The van der Waals surface area contributed by atoms with Crippen molar-refractivity contribution in [1.29, 1.82) is 0 Å². The third-order valence-corrected chi connectivity index (χ3v) is 5.98. The first kappa shape index (κ1) is 27.3. The van der Waals surface area contributed by atoms with E-state index in [1.807, 2.05) is 6.20 Å². The van der Waals surface area contributed by atoms with Crippen LogP contribution in [0.5, 0.6) is 5.75 Å². The van der Waals surface area contributed by atoms with Gasteiger partial charge in [-0.2, -0.15) is 0 Å². The molecular formula is C25H37N3O6. The number of unbranched alkanes of at least 4 members (excludes halogenated alkanes) is 1. The molecule has 1 aliphatic heterocycles. The molecule has 9 nitrogen and oxygen atoms in total. The SMILES string of the molecule is O=CO.O=CO.c1cc(OCCCCN2CCOCC2)cc(-c2nccn2CC2CCCC2)c1. The van der Waals surface area contributed by atoms with Gasteiger partial charge in [0.25, 0.3) is 12.9 Å². The standard InChI is InChI=1S/C23H33N3O2.2CH2O2/c1-2-7-20(6-1)19-26-12-10-24-23(26)21-8-5-9-22(18-21)28-15-4-3-11-25-13-16-27-17-14-25;2*2-1-3/h5,8-10,12,18,20H,1-4,6-7,11,13-17,19H2;2*1H,(H,2,3). The Morgan fingerprint density at radius 1 is 1.09 bits per heavy atom. The van der Waals surface area contributed by atoms with Gasteiger partial charge in [-0.1, -0.05) is 25.0 Å². The molecule has 4 rings (SSSR count). The zero-order valence-electron chi connectivity index (χ0n) is 19.8. The number of aromatic nitrogens is 2. The summed E-state index contributed by atoms with van der Waals surface area (Å²) in [5.41, 5.74) is 1.15. The molecule has 2 aromatic rings. The van der Waals surface area contributed by atoms with Crippen LogP contribution in [0.25, 0.3) is 11.4 Å². The topological polar surface area (TPSA) is 114 Å². The number of rotatable bonds is 9. The molecule has 34 heavy (non-hydrogen) atoms. The number of imidazole rings is 1. The highest BCUT2D eigenvalue weighted by Gasteiger charge is 2.17. The highest BCUT2D eigenvalue weighted by atomic mass is 16.5. The summed E-state index contributed by atoms with van der Waals surface area (Å²) in [6.07, 6.45) is 11.8. The molecule has 0 atom stereocenters. The number of ether oxygens (including phenoxy) is 2. The average Bonchev–Trinajstić information content (AvgIpc) is 3.54. The molecular weight excluding hydrogens is 438 g/mol. The predicted molar refractivity (Wildman–Crippen MR) is 129 cm³/mol. The summed E-state index contributed by atoms with van der Waals surface area (Å²) in [5.74, 6) is 2.81. The summed E-state index contributed by atoms with van der Waals surface area (Å²) < 4.78 is 13.7. The number of morpholine rings is 1. The molecule has 2 fully saturated rings. The summed E-state index contributed by atoms with van der Waals surface area (Å²) in [5, 5.41) is 13.8. The minimum Gasteiger partial charge on any atom is -0.494 e. The average molecular weight is 476 g/mol. The van der Waals surface area contributed by atoms with Gasteiger partial charge in [-0.05, 0) is 50.3 Å². The lowest BCUT2D eigenvalue weighted by molar-refractivity contribution is -0.123. The minimum absolute atomic E-state index is 0.250. The minimum atomic E-state index is -0.250. The van der Waals surface area contributed by atoms with Gasteiger partial charge in [-0.15, -0.1) is 0 Å². The van der Waals surface area contributed by atoms with Crippen molar-refractivity contribution in [1.82, 2.24) is 14.5 Å². The van der Waals surface area contributed by atoms with Crippen LogP contribution in [0.1, 0.15) is 38.5 Å². The Morgan fingerprint density at radius 2 is 1.79 bits per heavy atom. The van der Waals surface area contributed by atoms with E-state index < -0.39 is 0 Å². The molecule has 2 N–H and O–H groups in total. The van der Waals surface area contributed by atoms with E-state index in [0.29, 0.717) is 0 Å². The van der Waals surface area contributed by atoms with Crippen LogP contribution in [0, 0.1) is 5.92 Å². The van der Waals surface area contributed by atoms with Crippen LogP contribution >= 0.6 is 0 Å². The molecule has 1 saturated heterocycles. The molecule has 1 saturated carbocycles. The first-order valence-electron chi connectivity index (χ1n) is 11.9. The van der Waals surface area contributed by atoms with E-state index in [2.05, 4.69) is 44.9 Å². The van der Waals surface area contributed by atoms with Crippen molar-refractivity contribution in [2.45, 2.75) is 45.1 Å². The third-order valence-electron chi connectivity index (χ3n) is 5.98. The van der Waals surface area contributed by atoms with E-state index in [9.17, 15) is 0 Å². The van der Waals surface area contributed by atoms with Crippen molar-refractivity contribution in [2.75, 3.05) is 39.5 Å². The van der Waals surface area contributed by atoms with E-state index in [0.717, 1.165) is 75.5 Å². The molecule has 188 valence electrons. The van der Waals surface area contributed by atoms with Gasteiger partial charge in [0.1, 0.15) is 11.6 Å². The van der Waals surface area contributed by atoms with Crippen molar-refractivity contribution >= 4 is 12.9 Å². The maximum Gasteiger partial charge on any atom is 0.290 e. The van der Waals surface area contributed by atoms with Gasteiger partial charge >= 0.3 is 0 Å². The Hall–Kier alpha value is -2.91. The molecule has 0 radical (unpaired) electrons. The molecule has 0 bridgehead atoms. The smallest absolute Gasteiger partial charge is 0.290 e. The van der Waals surface area contributed by atoms with Crippen LogP contribution in [-0.2, 0) is 20.9 Å². The fourth-order valence-electron chi connectivity index (χ4n) is 4.37. The van der Waals surface area contributed by atoms with Crippen molar-refractivity contribution in [3.8, 4) is 17.1 Å². The van der Waals surface area contributed by atoms with Crippen LogP contribution in [0.15, 0.2) is 36.7 Å². The first-order chi connectivity index (χ1) is 16.7. The predicted octanol–water partition coefficient (Wildman–Crippen LogP) is 3.63. The highest BCUT2D eigenvalue weighted by molar-refractivity contribution is 5.58. The number of benzene rings is 1. The Kier molecular flexibility index (Phi) is 13.4. The lowest BCUT2D eigenvalue weighted by Crippen LogP contribution is -2.36. The molecule has 2 heterocycles. The van der Waals surface area contributed by atoms with Gasteiger partial charge in [0.05, 0.1) is 19.8 Å². The quantitative estimate of drug-likeness (QED) is 0.417. The van der Waals surface area contributed by atoms with Crippen LogP contribution < -0.4 is 4.74 Å². The van der Waals surface area contributed by atoms with Crippen molar-refractivity contribution in [2.24, 2.45) is 5.92 Å². The van der Waals surface area contributed by atoms with Crippen molar-refractivity contribution in [3.63, 3.8) is 0 Å². The van der Waals surface area contributed by atoms with E-state index in [-0.39, 0.29) is 12.9 Å². The molecule has 1 aromatic heterocycles. The summed E-state index contributed by atoms with van der Waals surface area (Å²) in [4.78, 5) is 23.8. The number of nitrogens with zero attached hydrogens (tertiary/aromatic N) is 3. The number of carbonyl (C=O) groups is 2. The number of hydrogen-bond acceptors (Lipinski definition) is 6. The Morgan fingerprint density at radius 3 is 2.50 bits per heavy atom. The van der Waals surface area contributed by atoms with Crippen molar-refractivity contribution < 1.29 is 29.3 Å². The van der Waals surface area contributed by atoms with Gasteiger partial charge in [0, 0.05) is 37.6 Å². The normalized spacial score (nSPS) is 16.0. The fraction of sp³-hybridized carbons (Fsp3) is 0.560. The monoisotopic (exact) mass is 475 g/mol. The highest BCUT2D eigenvalue weighted by Crippen LogP contribution is 2.29. The third kappa shape index (κ3) is 9.93. The second kappa shape index (κ2) is 16.7. The molecule has 1 aliphatic carbocycles. The van der Waals surface area contributed by atoms with Crippen LogP contribution in [0.2, 0.25) is 0 Å². The van der Waals surface area contributed by atoms with Gasteiger partial charge in [-0.3, -0.25) is 14.5 Å². The van der Waals surface area contributed by atoms with Gasteiger partial charge in [0.2, 0.25) is 0 Å². The fourth-order valence-corrected chi connectivity index (χ4v) is 4.37. The lowest BCUT2D eigenvalue weighted by atomic mass is 10.1. The Labute approximate surface area is 201 Å². The van der Waals surface area contributed by atoms with E-state index in [1.54, 1.807) is 0 Å². The molecule has 2 aliphatic rings. The van der Waals surface area contributed by atoms with Gasteiger partial charge in [0.15, 0.2) is 0 Å². The second-order valence-corrected chi connectivity index (χ2v) is 8.30. The van der Waals surface area contributed by atoms with E-state index >= 15 is 0 Å².